The van der Waals surface area contributed by atoms with Gasteiger partial charge in [0.25, 0.3) is 0 Å². The van der Waals surface area contributed by atoms with E-state index in [0.717, 1.165) is 64.0 Å². The zero-order valence-electron chi connectivity index (χ0n) is 13.7. The Bertz CT molecular complexity index is 545. The van der Waals surface area contributed by atoms with E-state index in [-0.39, 0.29) is 0 Å². The van der Waals surface area contributed by atoms with Gasteiger partial charge in [-0.1, -0.05) is 17.7 Å². The Morgan fingerprint density at radius 3 is 2.61 bits per heavy atom. The number of halogens is 1. The maximum absolute atomic E-state index is 6.48. The third-order valence-corrected chi connectivity index (χ3v) is 5.89. The quantitative estimate of drug-likeness (QED) is 0.917. The van der Waals surface area contributed by atoms with Gasteiger partial charge in [0.15, 0.2) is 0 Å². The van der Waals surface area contributed by atoms with E-state index < -0.39 is 0 Å². The minimum Gasteiger partial charge on any atom is -0.381 e. The van der Waals surface area contributed by atoms with Crippen molar-refractivity contribution in [2.24, 2.45) is 5.41 Å². The molecule has 3 aliphatic heterocycles. The summed E-state index contributed by atoms with van der Waals surface area (Å²) in [5.74, 6) is 0. The lowest BCUT2D eigenvalue weighted by Gasteiger charge is -2.53. The molecule has 0 unspecified atom stereocenters. The first kappa shape index (κ1) is 15.7. The molecule has 5 heteroatoms. The Hall–Kier alpha value is -0.810. The van der Waals surface area contributed by atoms with Crippen LogP contribution in [0.4, 0.5) is 5.69 Å². The monoisotopic (exact) mass is 335 g/mol. The number of nitrogens with one attached hydrogen (secondary N) is 1. The average Bonchev–Trinajstić information content (AvgIpc) is 2.56. The summed E-state index contributed by atoms with van der Waals surface area (Å²) in [5, 5.41) is 4.29. The van der Waals surface area contributed by atoms with Crippen LogP contribution in [0.3, 0.4) is 0 Å². The molecule has 3 heterocycles. The Kier molecular flexibility index (Phi) is 4.50. The number of benzene rings is 1. The van der Waals surface area contributed by atoms with Crippen LogP contribution < -0.4 is 10.2 Å². The Labute approximate surface area is 143 Å². The van der Waals surface area contributed by atoms with Crippen molar-refractivity contribution in [3.8, 4) is 0 Å². The van der Waals surface area contributed by atoms with Gasteiger partial charge < -0.3 is 15.0 Å². The molecule has 4 rings (SSSR count). The normalized spacial score (nSPS) is 24.7. The van der Waals surface area contributed by atoms with Crippen molar-refractivity contribution in [2.45, 2.75) is 19.4 Å². The first-order chi connectivity index (χ1) is 11.2. The SMILES string of the molecule is Clc1ccc(CN2CCNCC2)cc1N1CC2(CCOCC2)C1. The molecule has 1 aromatic rings. The molecule has 1 aromatic carbocycles. The summed E-state index contributed by atoms with van der Waals surface area (Å²) in [4.78, 5) is 4.97. The fourth-order valence-electron chi connectivity index (χ4n) is 4.08. The van der Waals surface area contributed by atoms with Crippen LogP contribution in [-0.2, 0) is 11.3 Å². The maximum atomic E-state index is 6.48. The fourth-order valence-corrected chi connectivity index (χ4v) is 4.32. The van der Waals surface area contributed by atoms with E-state index in [1.54, 1.807) is 0 Å². The minimum atomic E-state index is 0.482. The molecule has 4 nitrogen and oxygen atoms in total. The van der Waals surface area contributed by atoms with Crippen molar-refractivity contribution in [1.82, 2.24) is 10.2 Å². The van der Waals surface area contributed by atoms with Crippen molar-refractivity contribution >= 4 is 17.3 Å². The van der Waals surface area contributed by atoms with Gasteiger partial charge in [0, 0.05) is 64.4 Å². The summed E-state index contributed by atoms with van der Waals surface area (Å²) < 4.78 is 5.51. The number of nitrogens with zero attached hydrogens (tertiary/aromatic N) is 2. The van der Waals surface area contributed by atoms with E-state index in [4.69, 9.17) is 16.3 Å². The van der Waals surface area contributed by atoms with E-state index in [1.165, 1.54) is 24.1 Å². The minimum absolute atomic E-state index is 0.482. The molecule has 3 fully saturated rings. The molecule has 0 aromatic heterocycles. The Balaban J connectivity index is 1.43. The molecule has 126 valence electrons. The molecule has 3 saturated heterocycles. The molecule has 23 heavy (non-hydrogen) atoms. The topological polar surface area (TPSA) is 27.7 Å². The lowest BCUT2D eigenvalue weighted by atomic mass is 9.73. The molecule has 1 spiro atoms. The van der Waals surface area contributed by atoms with Crippen molar-refractivity contribution in [3.63, 3.8) is 0 Å². The highest BCUT2D eigenvalue weighted by atomic mass is 35.5. The highest BCUT2D eigenvalue weighted by Crippen LogP contribution is 2.44. The van der Waals surface area contributed by atoms with Gasteiger partial charge in [-0.05, 0) is 30.5 Å². The van der Waals surface area contributed by atoms with Crippen LogP contribution >= 0.6 is 11.6 Å². The Morgan fingerprint density at radius 1 is 1.13 bits per heavy atom. The van der Waals surface area contributed by atoms with E-state index in [2.05, 4.69) is 33.3 Å². The van der Waals surface area contributed by atoms with Gasteiger partial charge in [-0.2, -0.15) is 0 Å². The fraction of sp³-hybridized carbons (Fsp3) is 0.667. The zero-order valence-corrected chi connectivity index (χ0v) is 14.4. The average molecular weight is 336 g/mol. The molecule has 0 radical (unpaired) electrons. The van der Waals surface area contributed by atoms with Gasteiger partial charge in [0.05, 0.1) is 10.7 Å². The standard InChI is InChI=1S/C18H26ClN3O/c19-16-2-1-15(12-21-7-5-20-6-8-21)11-17(16)22-13-18(14-22)3-9-23-10-4-18/h1-2,11,20H,3-10,12-14H2. The predicted molar refractivity (Wildman–Crippen MR) is 94.3 cm³/mol. The number of ether oxygens (including phenoxy) is 1. The molecular formula is C18H26ClN3O. The molecule has 1 N–H and O–H groups in total. The lowest BCUT2D eigenvalue weighted by molar-refractivity contribution is -0.000191. The third kappa shape index (κ3) is 3.36. The van der Waals surface area contributed by atoms with Crippen LogP contribution in [0.1, 0.15) is 18.4 Å². The zero-order chi connectivity index (χ0) is 15.7. The van der Waals surface area contributed by atoms with Crippen LogP contribution in [0.25, 0.3) is 0 Å². The molecule has 0 amide bonds. The van der Waals surface area contributed by atoms with Crippen molar-refractivity contribution in [3.05, 3.63) is 28.8 Å². The molecule has 0 bridgehead atoms. The molecule has 3 aliphatic rings. The van der Waals surface area contributed by atoms with Crippen molar-refractivity contribution in [2.75, 3.05) is 57.4 Å². The van der Waals surface area contributed by atoms with Gasteiger partial charge >= 0.3 is 0 Å². The van der Waals surface area contributed by atoms with Crippen LogP contribution in [-0.4, -0.2) is 57.4 Å². The van der Waals surface area contributed by atoms with E-state index in [9.17, 15) is 0 Å². The van der Waals surface area contributed by atoms with E-state index in [0.29, 0.717) is 5.41 Å². The highest BCUT2D eigenvalue weighted by molar-refractivity contribution is 6.33. The molecule has 0 aliphatic carbocycles. The summed E-state index contributed by atoms with van der Waals surface area (Å²) in [6.45, 7) is 9.58. The summed E-state index contributed by atoms with van der Waals surface area (Å²) in [6, 6.07) is 6.55. The van der Waals surface area contributed by atoms with Crippen LogP contribution in [0.5, 0.6) is 0 Å². The number of hydrogen-bond donors (Lipinski definition) is 1. The second-order valence-corrected chi connectivity index (χ2v) is 7.69. The second kappa shape index (κ2) is 6.60. The molecular weight excluding hydrogens is 310 g/mol. The summed E-state index contributed by atoms with van der Waals surface area (Å²) >= 11 is 6.48. The van der Waals surface area contributed by atoms with Crippen molar-refractivity contribution < 1.29 is 4.74 Å². The smallest absolute Gasteiger partial charge is 0.0639 e. The van der Waals surface area contributed by atoms with Crippen LogP contribution in [0, 0.1) is 5.41 Å². The third-order valence-electron chi connectivity index (χ3n) is 5.57. The van der Waals surface area contributed by atoms with Gasteiger partial charge in [-0.25, -0.2) is 0 Å². The van der Waals surface area contributed by atoms with Crippen molar-refractivity contribution in [1.29, 1.82) is 0 Å². The summed E-state index contributed by atoms with van der Waals surface area (Å²) in [7, 11) is 0. The largest absolute Gasteiger partial charge is 0.381 e. The maximum Gasteiger partial charge on any atom is 0.0639 e. The number of rotatable bonds is 3. The number of piperazine rings is 1. The van der Waals surface area contributed by atoms with Gasteiger partial charge in [0.1, 0.15) is 0 Å². The molecule has 0 saturated carbocycles. The second-order valence-electron chi connectivity index (χ2n) is 7.28. The van der Waals surface area contributed by atoms with Gasteiger partial charge in [-0.15, -0.1) is 0 Å². The first-order valence-electron chi connectivity index (χ1n) is 8.78. The lowest BCUT2D eigenvalue weighted by Crippen LogP contribution is -2.58. The van der Waals surface area contributed by atoms with Crippen LogP contribution in [0.15, 0.2) is 18.2 Å². The molecule has 0 atom stereocenters. The van der Waals surface area contributed by atoms with E-state index in [1.807, 2.05) is 0 Å². The number of anilines is 1. The van der Waals surface area contributed by atoms with Gasteiger partial charge in [0.2, 0.25) is 0 Å². The van der Waals surface area contributed by atoms with E-state index >= 15 is 0 Å². The Morgan fingerprint density at radius 2 is 1.87 bits per heavy atom. The first-order valence-corrected chi connectivity index (χ1v) is 9.16. The summed E-state index contributed by atoms with van der Waals surface area (Å²) in [6.07, 6.45) is 2.39. The summed E-state index contributed by atoms with van der Waals surface area (Å²) in [5.41, 5.74) is 3.08. The number of hydrogen-bond acceptors (Lipinski definition) is 4. The van der Waals surface area contributed by atoms with Gasteiger partial charge in [-0.3, -0.25) is 4.90 Å². The predicted octanol–water partition coefficient (Wildman–Crippen LogP) is 2.36. The highest BCUT2D eigenvalue weighted by Gasteiger charge is 2.44. The van der Waals surface area contributed by atoms with Crippen LogP contribution in [0.2, 0.25) is 5.02 Å².